The quantitative estimate of drug-likeness (QED) is 0.528. The van der Waals surface area contributed by atoms with E-state index < -0.39 is 12.1 Å². The van der Waals surface area contributed by atoms with Crippen molar-refractivity contribution in [3.63, 3.8) is 0 Å². The SMILES string of the molecule is O=C(O)C(F)(F)F.O=C(c1ccc(-c2cccc(Cl)c2)cc1)N1CCC(c2ncc[nH]2)CC1. The summed E-state index contributed by atoms with van der Waals surface area (Å²) in [5, 5.41) is 7.84. The van der Waals surface area contributed by atoms with E-state index >= 15 is 0 Å². The van der Waals surface area contributed by atoms with E-state index in [1.54, 1.807) is 6.20 Å². The molecule has 1 aliphatic heterocycles. The molecule has 6 nitrogen and oxygen atoms in total. The van der Waals surface area contributed by atoms with Crippen LogP contribution in [-0.4, -0.2) is 51.1 Å². The van der Waals surface area contributed by atoms with Gasteiger partial charge in [0, 0.05) is 42.0 Å². The molecule has 0 radical (unpaired) electrons. The van der Waals surface area contributed by atoms with Crippen molar-refractivity contribution in [3.05, 3.63) is 77.3 Å². The molecule has 1 saturated heterocycles. The van der Waals surface area contributed by atoms with Crippen molar-refractivity contribution >= 4 is 23.5 Å². The van der Waals surface area contributed by atoms with Crippen LogP contribution in [0.3, 0.4) is 0 Å². The molecule has 1 aromatic heterocycles. The molecule has 0 saturated carbocycles. The smallest absolute Gasteiger partial charge is 0.475 e. The predicted molar refractivity (Wildman–Crippen MR) is 117 cm³/mol. The molecule has 0 spiro atoms. The number of nitrogens with one attached hydrogen (secondary N) is 1. The highest BCUT2D eigenvalue weighted by atomic mass is 35.5. The minimum atomic E-state index is -5.08. The van der Waals surface area contributed by atoms with E-state index in [9.17, 15) is 18.0 Å². The predicted octanol–water partition coefficient (Wildman–Crippen LogP) is 5.38. The molecule has 2 aromatic carbocycles. The molecule has 1 aliphatic rings. The van der Waals surface area contributed by atoms with Crippen LogP contribution in [0.4, 0.5) is 13.2 Å². The number of imidazole rings is 1. The first-order valence-corrected chi connectivity index (χ1v) is 10.5. The maximum Gasteiger partial charge on any atom is 0.490 e. The normalized spacial score (nSPS) is 14.4. The minimum Gasteiger partial charge on any atom is -0.475 e. The average molecular weight is 480 g/mol. The number of carboxylic acids is 1. The zero-order valence-electron chi connectivity index (χ0n) is 17.3. The van der Waals surface area contributed by atoms with Crippen LogP contribution in [0.25, 0.3) is 11.1 Å². The number of hydrogen-bond acceptors (Lipinski definition) is 3. The Hall–Kier alpha value is -3.33. The number of nitrogens with zero attached hydrogens (tertiary/aromatic N) is 2. The highest BCUT2D eigenvalue weighted by Gasteiger charge is 2.38. The van der Waals surface area contributed by atoms with Gasteiger partial charge in [0.2, 0.25) is 0 Å². The van der Waals surface area contributed by atoms with Crippen LogP contribution in [0, 0.1) is 0 Å². The topological polar surface area (TPSA) is 86.3 Å². The number of alkyl halides is 3. The molecule has 0 unspecified atom stereocenters. The van der Waals surface area contributed by atoms with Gasteiger partial charge in [0.05, 0.1) is 0 Å². The number of aromatic nitrogens is 2. The summed E-state index contributed by atoms with van der Waals surface area (Å²) in [6.07, 6.45) is 0.447. The van der Waals surface area contributed by atoms with Gasteiger partial charge in [-0.25, -0.2) is 9.78 Å². The minimum absolute atomic E-state index is 0.0977. The number of amides is 1. The fraction of sp³-hybridized carbons (Fsp3) is 0.261. The summed E-state index contributed by atoms with van der Waals surface area (Å²) >= 11 is 6.06. The van der Waals surface area contributed by atoms with E-state index in [-0.39, 0.29) is 5.91 Å². The average Bonchev–Trinajstić information content (AvgIpc) is 3.34. The Labute approximate surface area is 193 Å². The molecule has 10 heteroatoms. The van der Waals surface area contributed by atoms with Gasteiger partial charge in [0.1, 0.15) is 5.82 Å². The summed E-state index contributed by atoms with van der Waals surface area (Å²) in [5.74, 6) is -1.21. The lowest BCUT2D eigenvalue weighted by Crippen LogP contribution is -2.38. The first-order valence-electron chi connectivity index (χ1n) is 10.1. The maximum atomic E-state index is 12.8. The zero-order valence-corrected chi connectivity index (χ0v) is 18.1. The molecule has 4 rings (SSSR count). The van der Waals surface area contributed by atoms with Crippen molar-refractivity contribution in [2.24, 2.45) is 0 Å². The second kappa shape index (κ2) is 10.5. The molecule has 174 valence electrons. The third-order valence-corrected chi connectivity index (χ3v) is 5.46. The summed E-state index contributed by atoms with van der Waals surface area (Å²) in [7, 11) is 0. The molecule has 2 N–H and O–H groups in total. The van der Waals surface area contributed by atoms with Crippen LogP contribution >= 0.6 is 11.6 Å². The molecule has 1 amide bonds. The van der Waals surface area contributed by atoms with Gasteiger partial charge >= 0.3 is 12.1 Å². The number of aromatic amines is 1. The largest absolute Gasteiger partial charge is 0.490 e. The van der Waals surface area contributed by atoms with Crippen LogP contribution in [0.5, 0.6) is 0 Å². The number of piperidine rings is 1. The number of halogens is 4. The Morgan fingerprint density at radius 1 is 1.06 bits per heavy atom. The Bertz CT molecular complexity index is 1080. The maximum absolute atomic E-state index is 12.8. The van der Waals surface area contributed by atoms with Crippen LogP contribution in [0.1, 0.15) is 34.9 Å². The first kappa shape index (κ1) is 24.3. The first-order chi connectivity index (χ1) is 15.6. The fourth-order valence-corrected chi connectivity index (χ4v) is 3.70. The molecule has 0 aliphatic carbocycles. The standard InChI is InChI=1S/C21H20ClN3O.C2HF3O2/c22-19-3-1-2-18(14-19)15-4-6-17(7-5-15)21(26)25-12-8-16(9-13-25)20-23-10-11-24-20;3-2(4,5)1(6)7/h1-7,10-11,14,16H,8-9,12-13H2,(H,23,24);(H,6,7). The lowest BCUT2D eigenvalue weighted by atomic mass is 9.95. The van der Waals surface area contributed by atoms with Gasteiger partial charge in [0.15, 0.2) is 0 Å². The summed E-state index contributed by atoms with van der Waals surface area (Å²) in [6.45, 7) is 1.53. The van der Waals surface area contributed by atoms with Crippen LogP contribution < -0.4 is 0 Å². The molecule has 33 heavy (non-hydrogen) atoms. The molecule has 0 atom stereocenters. The van der Waals surface area contributed by atoms with Gasteiger partial charge in [-0.15, -0.1) is 0 Å². The van der Waals surface area contributed by atoms with Crippen molar-refractivity contribution in [2.75, 3.05) is 13.1 Å². The molecule has 0 bridgehead atoms. The fourth-order valence-electron chi connectivity index (χ4n) is 3.51. The number of carbonyl (C=O) groups excluding carboxylic acids is 1. The van der Waals surface area contributed by atoms with Crippen molar-refractivity contribution in [3.8, 4) is 11.1 Å². The van der Waals surface area contributed by atoms with Gasteiger partial charge in [0.25, 0.3) is 5.91 Å². The van der Waals surface area contributed by atoms with Crippen LogP contribution in [-0.2, 0) is 4.79 Å². The van der Waals surface area contributed by atoms with Crippen molar-refractivity contribution in [2.45, 2.75) is 24.9 Å². The van der Waals surface area contributed by atoms with Gasteiger partial charge in [-0.1, -0.05) is 35.9 Å². The van der Waals surface area contributed by atoms with E-state index in [2.05, 4.69) is 9.97 Å². The summed E-state index contributed by atoms with van der Waals surface area (Å²) < 4.78 is 31.7. The lowest BCUT2D eigenvalue weighted by molar-refractivity contribution is -0.192. The third kappa shape index (κ3) is 6.58. The number of H-pyrrole nitrogens is 1. The number of carbonyl (C=O) groups is 2. The summed E-state index contributed by atoms with van der Waals surface area (Å²) in [4.78, 5) is 31.1. The van der Waals surface area contributed by atoms with E-state index in [0.717, 1.165) is 48.4 Å². The number of aliphatic carboxylic acids is 1. The van der Waals surface area contributed by atoms with Gasteiger partial charge < -0.3 is 15.0 Å². The zero-order chi connectivity index (χ0) is 24.0. The number of likely N-dealkylation sites (tertiary alicyclic amines) is 1. The molecule has 3 aromatic rings. The molecular weight excluding hydrogens is 459 g/mol. The van der Waals surface area contributed by atoms with Gasteiger partial charge in [-0.2, -0.15) is 13.2 Å². The van der Waals surface area contributed by atoms with Crippen LogP contribution in [0.2, 0.25) is 5.02 Å². The Kier molecular flexibility index (Phi) is 7.75. The van der Waals surface area contributed by atoms with E-state index in [1.165, 1.54) is 0 Å². The Balaban J connectivity index is 0.000000383. The van der Waals surface area contributed by atoms with Crippen molar-refractivity contribution in [1.82, 2.24) is 14.9 Å². The second-order valence-electron chi connectivity index (χ2n) is 7.43. The van der Waals surface area contributed by atoms with E-state index in [4.69, 9.17) is 21.5 Å². The highest BCUT2D eigenvalue weighted by Crippen LogP contribution is 2.27. The number of rotatable bonds is 3. The van der Waals surface area contributed by atoms with E-state index in [0.29, 0.717) is 10.9 Å². The Morgan fingerprint density at radius 2 is 1.70 bits per heavy atom. The van der Waals surface area contributed by atoms with Crippen LogP contribution in [0.15, 0.2) is 60.9 Å². The van der Waals surface area contributed by atoms with E-state index in [1.807, 2.05) is 59.6 Å². The summed E-state index contributed by atoms with van der Waals surface area (Å²) in [6, 6.07) is 15.5. The van der Waals surface area contributed by atoms with Crippen molar-refractivity contribution in [1.29, 1.82) is 0 Å². The Morgan fingerprint density at radius 3 is 2.21 bits per heavy atom. The molecule has 1 fully saturated rings. The molecular formula is C23H21ClF3N3O3. The van der Waals surface area contributed by atoms with Crippen molar-refractivity contribution < 1.29 is 27.9 Å². The summed E-state index contributed by atoms with van der Waals surface area (Å²) in [5.41, 5.74) is 2.84. The van der Waals surface area contributed by atoms with Gasteiger partial charge in [-0.3, -0.25) is 4.79 Å². The third-order valence-electron chi connectivity index (χ3n) is 5.22. The highest BCUT2D eigenvalue weighted by molar-refractivity contribution is 6.30. The number of carboxylic acid groups (broad SMARTS) is 1. The lowest BCUT2D eigenvalue weighted by Gasteiger charge is -2.31. The number of hydrogen-bond donors (Lipinski definition) is 2. The second-order valence-corrected chi connectivity index (χ2v) is 7.87. The molecule has 2 heterocycles. The monoisotopic (exact) mass is 479 g/mol. The van der Waals surface area contributed by atoms with Gasteiger partial charge in [-0.05, 0) is 48.2 Å². The number of benzene rings is 2.